The summed E-state index contributed by atoms with van der Waals surface area (Å²) in [6, 6.07) is 1.87. The van der Waals surface area contributed by atoms with Crippen LogP contribution in [0.3, 0.4) is 0 Å². The van der Waals surface area contributed by atoms with Crippen molar-refractivity contribution in [3.8, 4) is 5.88 Å². The molecule has 0 fully saturated rings. The fourth-order valence-corrected chi connectivity index (χ4v) is 1.46. The smallest absolute Gasteiger partial charge is 0.225 e. The summed E-state index contributed by atoms with van der Waals surface area (Å²) in [6.45, 7) is 4.63. The Morgan fingerprint density at radius 1 is 1.44 bits per heavy atom. The molecule has 5 nitrogen and oxygen atoms in total. The van der Waals surface area contributed by atoms with Gasteiger partial charge < -0.3 is 15.2 Å². The molecule has 0 aliphatic rings. The second kappa shape index (κ2) is 5.46. The SMILES string of the molecule is COCCOc1nc(C)cc(C)c1C(=N)N. The van der Waals surface area contributed by atoms with Crippen molar-refractivity contribution in [1.82, 2.24) is 4.98 Å². The summed E-state index contributed by atoms with van der Waals surface area (Å²) in [5.74, 6) is 0.375. The number of ether oxygens (including phenoxy) is 2. The standard InChI is InChI=1S/C11H17N3O2/c1-7-6-8(2)14-11(9(7)10(12)13)16-5-4-15-3/h6H,4-5H2,1-3H3,(H3,12,13). The molecule has 1 heterocycles. The number of hydrogen-bond acceptors (Lipinski definition) is 4. The lowest BCUT2D eigenvalue weighted by atomic mass is 10.1. The zero-order valence-corrected chi connectivity index (χ0v) is 9.83. The third kappa shape index (κ3) is 2.93. The van der Waals surface area contributed by atoms with Crippen molar-refractivity contribution < 1.29 is 9.47 Å². The normalized spacial score (nSPS) is 10.2. The van der Waals surface area contributed by atoms with Crippen LogP contribution in [-0.4, -0.2) is 31.1 Å². The van der Waals surface area contributed by atoms with E-state index < -0.39 is 0 Å². The largest absolute Gasteiger partial charge is 0.475 e. The van der Waals surface area contributed by atoms with Gasteiger partial charge in [0, 0.05) is 12.8 Å². The lowest BCUT2D eigenvalue weighted by Crippen LogP contribution is -2.17. The predicted octanol–water partition coefficient (Wildman–Crippen LogP) is 1.01. The van der Waals surface area contributed by atoms with Gasteiger partial charge in [-0.2, -0.15) is 0 Å². The summed E-state index contributed by atoms with van der Waals surface area (Å²) in [7, 11) is 1.60. The minimum absolute atomic E-state index is 0.0302. The molecule has 0 aliphatic carbocycles. The molecule has 0 spiro atoms. The molecule has 0 amide bonds. The maximum Gasteiger partial charge on any atom is 0.225 e. The molecule has 0 saturated heterocycles. The second-order valence-corrected chi connectivity index (χ2v) is 3.52. The lowest BCUT2D eigenvalue weighted by Gasteiger charge is -2.12. The zero-order valence-electron chi connectivity index (χ0n) is 9.83. The van der Waals surface area contributed by atoms with Crippen molar-refractivity contribution in [1.29, 1.82) is 5.41 Å². The zero-order chi connectivity index (χ0) is 12.1. The van der Waals surface area contributed by atoms with E-state index in [0.29, 0.717) is 24.7 Å². The molecular formula is C11H17N3O2. The van der Waals surface area contributed by atoms with Crippen LogP contribution in [0.15, 0.2) is 6.07 Å². The van der Waals surface area contributed by atoms with Crippen LogP contribution in [0.1, 0.15) is 16.8 Å². The third-order valence-electron chi connectivity index (χ3n) is 2.11. The van der Waals surface area contributed by atoms with Gasteiger partial charge in [-0.1, -0.05) is 0 Å². The van der Waals surface area contributed by atoms with Gasteiger partial charge in [0.1, 0.15) is 12.4 Å². The Kier molecular flexibility index (Phi) is 4.25. The maximum absolute atomic E-state index is 7.49. The van der Waals surface area contributed by atoms with Crippen molar-refractivity contribution in [2.45, 2.75) is 13.8 Å². The van der Waals surface area contributed by atoms with Gasteiger partial charge in [-0.3, -0.25) is 5.41 Å². The molecule has 3 N–H and O–H groups in total. The number of rotatable bonds is 5. The van der Waals surface area contributed by atoms with E-state index in [1.54, 1.807) is 7.11 Å². The van der Waals surface area contributed by atoms with Gasteiger partial charge >= 0.3 is 0 Å². The van der Waals surface area contributed by atoms with E-state index in [2.05, 4.69) is 4.98 Å². The number of amidine groups is 1. The molecule has 0 unspecified atom stereocenters. The number of methoxy groups -OCH3 is 1. The number of nitrogens with one attached hydrogen (secondary N) is 1. The summed E-state index contributed by atoms with van der Waals surface area (Å²) in [5.41, 5.74) is 7.80. The molecule has 1 rings (SSSR count). The molecule has 88 valence electrons. The molecule has 0 radical (unpaired) electrons. The first-order valence-electron chi connectivity index (χ1n) is 5.00. The van der Waals surface area contributed by atoms with E-state index in [1.807, 2.05) is 19.9 Å². The Morgan fingerprint density at radius 3 is 2.69 bits per heavy atom. The molecule has 0 aliphatic heterocycles. The van der Waals surface area contributed by atoms with Crippen LogP contribution in [0.5, 0.6) is 5.88 Å². The van der Waals surface area contributed by atoms with Gasteiger partial charge in [-0.25, -0.2) is 4.98 Å². The lowest BCUT2D eigenvalue weighted by molar-refractivity contribution is 0.143. The highest BCUT2D eigenvalue weighted by molar-refractivity contribution is 5.98. The van der Waals surface area contributed by atoms with Crippen LogP contribution in [-0.2, 0) is 4.74 Å². The molecule has 16 heavy (non-hydrogen) atoms. The van der Waals surface area contributed by atoms with Crippen molar-refractivity contribution in [3.05, 3.63) is 22.9 Å². The summed E-state index contributed by atoms with van der Waals surface area (Å²) in [6.07, 6.45) is 0. The minimum Gasteiger partial charge on any atom is -0.475 e. The van der Waals surface area contributed by atoms with Crippen LogP contribution in [0.4, 0.5) is 0 Å². The van der Waals surface area contributed by atoms with Crippen molar-refractivity contribution in [2.24, 2.45) is 5.73 Å². The minimum atomic E-state index is -0.0302. The van der Waals surface area contributed by atoms with E-state index in [0.717, 1.165) is 11.3 Å². The maximum atomic E-state index is 7.49. The number of aryl methyl sites for hydroxylation is 2. The summed E-state index contributed by atoms with van der Waals surface area (Å²) < 4.78 is 10.3. The molecule has 0 aromatic carbocycles. The van der Waals surface area contributed by atoms with Gasteiger partial charge in [-0.15, -0.1) is 0 Å². The topological polar surface area (TPSA) is 81.2 Å². The van der Waals surface area contributed by atoms with Crippen LogP contribution >= 0.6 is 0 Å². The van der Waals surface area contributed by atoms with Crippen LogP contribution in [0.2, 0.25) is 0 Å². The highest BCUT2D eigenvalue weighted by atomic mass is 16.5. The van der Waals surface area contributed by atoms with Gasteiger partial charge in [0.25, 0.3) is 0 Å². The molecule has 0 saturated carbocycles. The molecular weight excluding hydrogens is 206 g/mol. The van der Waals surface area contributed by atoms with Crippen molar-refractivity contribution >= 4 is 5.84 Å². The Balaban J connectivity index is 2.99. The number of nitrogen functional groups attached to an aromatic ring is 1. The molecule has 5 heteroatoms. The number of aromatic nitrogens is 1. The summed E-state index contributed by atoms with van der Waals surface area (Å²) in [5, 5.41) is 7.49. The molecule has 1 aromatic rings. The Hall–Kier alpha value is -1.62. The number of hydrogen-bond donors (Lipinski definition) is 2. The summed E-state index contributed by atoms with van der Waals surface area (Å²) in [4.78, 5) is 4.23. The van der Waals surface area contributed by atoms with Crippen molar-refractivity contribution in [3.63, 3.8) is 0 Å². The van der Waals surface area contributed by atoms with Gasteiger partial charge in [0.2, 0.25) is 5.88 Å². The van der Waals surface area contributed by atoms with E-state index in [1.165, 1.54) is 0 Å². The first-order chi connectivity index (χ1) is 7.56. The Labute approximate surface area is 95.1 Å². The fourth-order valence-electron chi connectivity index (χ4n) is 1.46. The molecule has 0 bridgehead atoms. The highest BCUT2D eigenvalue weighted by Crippen LogP contribution is 2.20. The average Bonchev–Trinajstić information content (AvgIpc) is 2.16. The summed E-state index contributed by atoms with van der Waals surface area (Å²) >= 11 is 0. The first kappa shape index (κ1) is 12.4. The number of nitrogens with zero attached hydrogens (tertiary/aromatic N) is 1. The third-order valence-corrected chi connectivity index (χ3v) is 2.11. The van der Waals surface area contributed by atoms with E-state index in [-0.39, 0.29) is 5.84 Å². The van der Waals surface area contributed by atoms with Crippen LogP contribution in [0, 0.1) is 19.3 Å². The van der Waals surface area contributed by atoms with Gasteiger partial charge in [0.05, 0.1) is 12.2 Å². The van der Waals surface area contributed by atoms with Gasteiger partial charge in [0.15, 0.2) is 0 Å². The van der Waals surface area contributed by atoms with Crippen LogP contribution < -0.4 is 10.5 Å². The average molecular weight is 223 g/mol. The first-order valence-corrected chi connectivity index (χ1v) is 5.00. The molecule has 1 aromatic heterocycles. The van der Waals surface area contributed by atoms with E-state index >= 15 is 0 Å². The predicted molar refractivity (Wildman–Crippen MR) is 62.1 cm³/mol. The monoisotopic (exact) mass is 223 g/mol. The van der Waals surface area contributed by atoms with Gasteiger partial charge in [-0.05, 0) is 25.5 Å². The Bertz CT molecular complexity index is 391. The molecule has 0 atom stereocenters. The Morgan fingerprint density at radius 2 is 2.12 bits per heavy atom. The van der Waals surface area contributed by atoms with E-state index in [4.69, 9.17) is 20.6 Å². The number of pyridine rings is 1. The second-order valence-electron chi connectivity index (χ2n) is 3.52. The fraction of sp³-hybridized carbons (Fsp3) is 0.455. The van der Waals surface area contributed by atoms with Crippen LogP contribution in [0.25, 0.3) is 0 Å². The highest BCUT2D eigenvalue weighted by Gasteiger charge is 2.12. The quantitative estimate of drug-likeness (QED) is 0.443. The number of nitrogens with two attached hydrogens (primary N) is 1. The van der Waals surface area contributed by atoms with Crippen molar-refractivity contribution in [2.75, 3.05) is 20.3 Å². The van der Waals surface area contributed by atoms with E-state index in [9.17, 15) is 0 Å².